The first-order valence-corrected chi connectivity index (χ1v) is 9.42. The van der Waals surface area contributed by atoms with Gasteiger partial charge in [0.1, 0.15) is 0 Å². The van der Waals surface area contributed by atoms with Crippen molar-refractivity contribution >= 4 is 21.5 Å². The van der Waals surface area contributed by atoms with E-state index in [9.17, 15) is 0 Å². The van der Waals surface area contributed by atoms with Crippen molar-refractivity contribution in [3.63, 3.8) is 0 Å². The third kappa shape index (κ3) is 2.80. The highest BCUT2D eigenvalue weighted by molar-refractivity contribution is 6.03. The third-order valence-electron chi connectivity index (χ3n) is 5.37. The Morgan fingerprint density at radius 1 is 0.407 bits per heavy atom. The fourth-order valence-electron chi connectivity index (χ4n) is 4.18. The number of rotatable bonds is 3. The number of hydrogen-bond donors (Lipinski definition) is 0. The summed E-state index contributed by atoms with van der Waals surface area (Å²) < 4.78 is 0. The molecule has 27 heavy (non-hydrogen) atoms. The molecule has 128 valence electrons. The molecule has 0 atom stereocenters. The molecule has 5 aromatic carbocycles. The summed E-state index contributed by atoms with van der Waals surface area (Å²) in [6.07, 6.45) is 0. The van der Waals surface area contributed by atoms with Crippen molar-refractivity contribution in [2.45, 2.75) is 5.92 Å². The van der Waals surface area contributed by atoms with Crippen LogP contribution in [0.15, 0.2) is 115 Å². The minimum atomic E-state index is 0.198. The zero-order chi connectivity index (χ0) is 18.1. The van der Waals surface area contributed by atoms with Crippen molar-refractivity contribution in [3.8, 4) is 0 Å². The molecule has 0 radical (unpaired) electrons. The van der Waals surface area contributed by atoms with Gasteiger partial charge in [0.05, 0.1) is 0 Å². The van der Waals surface area contributed by atoms with Crippen LogP contribution in [0.25, 0.3) is 21.5 Å². The molecule has 0 N–H and O–H groups in total. The highest BCUT2D eigenvalue weighted by Crippen LogP contribution is 2.40. The topological polar surface area (TPSA) is 0 Å². The Balaban J connectivity index is 1.92. The van der Waals surface area contributed by atoms with Crippen LogP contribution in [0.5, 0.6) is 0 Å². The maximum atomic E-state index is 2.31. The second-order valence-electron chi connectivity index (χ2n) is 6.99. The first-order valence-electron chi connectivity index (χ1n) is 9.42. The molecular weight excluding hydrogens is 324 g/mol. The van der Waals surface area contributed by atoms with Crippen molar-refractivity contribution < 1.29 is 0 Å². The van der Waals surface area contributed by atoms with Gasteiger partial charge < -0.3 is 0 Å². The molecule has 5 aromatic rings. The molecule has 0 spiro atoms. The third-order valence-corrected chi connectivity index (χ3v) is 5.37. The van der Waals surface area contributed by atoms with Crippen molar-refractivity contribution in [2.75, 3.05) is 0 Å². The van der Waals surface area contributed by atoms with E-state index >= 15 is 0 Å². The van der Waals surface area contributed by atoms with Gasteiger partial charge in [0, 0.05) is 5.92 Å². The van der Waals surface area contributed by atoms with E-state index in [1.165, 1.54) is 38.2 Å². The second kappa shape index (κ2) is 6.74. The molecule has 0 heteroatoms. The Labute approximate surface area is 159 Å². The summed E-state index contributed by atoms with van der Waals surface area (Å²) in [5.74, 6) is 0.198. The van der Waals surface area contributed by atoms with E-state index in [2.05, 4.69) is 115 Å². The van der Waals surface area contributed by atoms with Gasteiger partial charge in [0.2, 0.25) is 0 Å². The van der Waals surface area contributed by atoms with E-state index < -0.39 is 0 Å². The van der Waals surface area contributed by atoms with E-state index in [1.54, 1.807) is 0 Å². The minimum absolute atomic E-state index is 0.198. The predicted molar refractivity (Wildman–Crippen MR) is 115 cm³/mol. The highest BCUT2D eigenvalue weighted by atomic mass is 14.2. The van der Waals surface area contributed by atoms with Crippen LogP contribution in [0.2, 0.25) is 0 Å². The lowest BCUT2D eigenvalue weighted by molar-refractivity contribution is 1.000. The summed E-state index contributed by atoms with van der Waals surface area (Å²) in [5.41, 5.74) is 4.04. The molecule has 0 nitrogen and oxygen atoms in total. The largest absolute Gasteiger partial charge is 0.0622 e. The van der Waals surface area contributed by atoms with Crippen molar-refractivity contribution in [3.05, 3.63) is 132 Å². The lowest BCUT2D eigenvalue weighted by Crippen LogP contribution is -2.05. The van der Waals surface area contributed by atoms with Crippen LogP contribution in [-0.4, -0.2) is 0 Å². The maximum absolute atomic E-state index is 2.31. The lowest BCUT2D eigenvalue weighted by Gasteiger charge is -2.23. The normalized spacial score (nSPS) is 11.3. The van der Waals surface area contributed by atoms with Gasteiger partial charge in [-0.3, -0.25) is 0 Å². The summed E-state index contributed by atoms with van der Waals surface area (Å²) in [4.78, 5) is 0. The van der Waals surface area contributed by atoms with Crippen LogP contribution in [0.1, 0.15) is 22.6 Å². The van der Waals surface area contributed by atoms with E-state index in [0.717, 1.165) is 0 Å². The average molecular weight is 344 g/mol. The summed E-state index contributed by atoms with van der Waals surface area (Å²) in [7, 11) is 0. The molecule has 0 saturated carbocycles. The predicted octanol–water partition coefficient (Wildman–Crippen LogP) is 7.17. The number of benzene rings is 5. The van der Waals surface area contributed by atoms with E-state index in [1.807, 2.05) is 0 Å². The molecule has 0 amide bonds. The van der Waals surface area contributed by atoms with Gasteiger partial charge >= 0.3 is 0 Å². The SMILES string of the molecule is c1ccc(C(c2ccccc2)c2c3ccccc3cc3ccccc23)cc1. The Bertz CT molecular complexity index is 1110. The summed E-state index contributed by atoms with van der Waals surface area (Å²) >= 11 is 0. The summed E-state index contributed by atoms with van der Waals surface area (Å²) in [6, 6.07) is 41.5. The zero-order valence-electron chi connectivity index (χ0n) is 15.0. The van der Waals surface area contributed by atoms with E-state index in [-0.39, 0.29) is 5.92 Å². The molecule has 0 fully saturated rings. The van der Waals surface area contributed by atoms with Crippen LogP contribution in [-0.2, 0) is 0 Å². The van der Waals surface area contributed by atoms with Crippen LogP contribution in [0, 0.1) is 0 Å². The van der Waals surface area contributed by atoms with Gasteiger partial charge in [0.15, 0.2) is 0 Å². The summed E-state index contributed by atoms with van der Waals surface area (Å²) in [5, 5.41) is 5.24. The lowest BCUT2D eigenvalue weighted by atomic mass is 9.80. The van der Waals surface area contributed by atoms with Gasteiger partial charge in [-0.05, 0) is 44.3 Å². The number of fused-ring (bicyclic) bond motifs is 2. The average Bonchev–Trinajstić information content (AvgIpc) is 2.75. The molecule has 0 unspecified atom stereocenters. The van der Waals surface area contributed by atoms with Gasteiger partial charge in [0.25, 0.3) is 0 Å². The Kier molecular flexibility index (Phi) is 3.95. The number of hydrogen-bond acceptors (Lipinski definition) is 0. The zero-order valence-corrected chi connectivity index (χ0v) is 15.0. The molecule has 0 aliphatic rings. The monoisotopic (exact) mass is 344 g/mol. The molecule has 0 bridgehead atoms. The molecule has 5 rings (SSSR count). The van der Waals surface area contributed by atoms with Crippen LogP contribution in [0.4, 0.5) is 0 Å². The molecule has 0 saturated heterocycles. The first-order chi connectivity index (χ1) is 13.4. The van der Waals surface area contributed by atoms with Crippen LogP contribution < -0.4 is 0 Å². The quantitative estimate of drug-likeness (QED) is 0.240. The van der Waals surface area contributed by atoms with E-state index in [4.69, 9.17) is 0 Å². The van der Waals surface area contributed by atoms with E-state index in [0.29, 0.717) is 0 Å². The fourth-order valence-corrected chi connectivity index (χ4v) is 4.18. The molecule has 0 aromatic heterocycles. The molecule has 0 heterocycles. The highest BCUT2D eigenvalue weighted by Gasteiger charge is 2.21. The smallest absolute Gasteiger partial charge is 0.0352 e. The van der Waals surface area contributed by atoms with Crippen molar-refractivity contribution in [1.82, 2.24) is 0 Å². The van der Waals surface area contributed by atoms with Gasteiger partial charge in [-0.2, -0.15) is 0 Å². The van der Waals surface area contributed by atoms with Crippen molar-refractivity contribution in [2.24, 2.45) is 0 Å². The first kappa shape index (κ1) is 15.8. The second-order valence-corrected chi connectivity index (χ2v) is 6.99. The standard InChI is InChI=1S/C27H20/c1-3-11-20(12-4-1)26(21-13-5-2-6-14-21)27-24-17-9-7-15-22(24)19-23-16-8-10-18-25(23)27/h1-19,26H. The molecule has 0 aliphatic heterocycles. The van der Waals surface area contributed by atoms with Gasteiger partial charge in [-0.25, -0.2) is 0 Å². The maximum Gasteiger partial charge on any atom is 0.0352 e. The van der Waals surface area contributed by atoms with Gasteiger partial charge in [-0.15, -0.1) is 0 Å². The summed E-state index contributed by atoms with van der Waals surface area (Å²) in [6.45, 7) is 0. The Morgan fingerprint density at radius 3 is 1.30 bits per heavy atom. The Hall–Kier alpha value is -3.38. The van der Waals surface area contributed by atoms with Gasteiger partial charge in [-0.1, -0.05) is 109 Å². The Morgan fingerprint density at radius 2 is 0.815 bits per heavy atom. The van der Waals surface area contributed by atoms with Crippen molar-refractivity contribution in [1.29, 1.82) is 0 Å². The van der Waals surface area contributed by atoms with Crippen LogP contribution in [0.3, 0.4) is 0 Å². The molecular formula is C27H20. The molecule has 0 aliphatic carbocycles. The minimum Gasteiger partial charge on any atom is -0.0622 e. The van der Waals surface area contributed by atoms with Crippen LogP contribution >= 0.6 is 0 Å². The fraction of sp³-hybridized carbons (Fsp3) is 0.0370.